The maximum absolute atomic E-state index is 5.71. The van der Waals surface area contributed by atoms with E-state index in [9.17, 15) is 0 Å². The molecule has 0 fully saturated rings. The van der Waals surface area contributed by atoms with Gasteiger partial charge in [-0.25, -0.2) is 0 Å². The number of rotatable bonds is 5. The van der Waals surface area contributed by atoms with Crippen LogP contribution >= 0.6 is 0 Å². The highest BCUT2D eigenvalue weighted by molar-refractivity contribution is 5.82. The average molecular weight is 193 g/mol. The Balaban J connectivity index is 2.40. The number of ether oxygens (including phenoxy) is 1. The highest BCUT2D eigenvalue weighted by Gasteiger charge is 1.95. The normalized spacial score (nSPS) is 11.6. The average Bonchev–Trinajstić information content (AvgIpc) is 2.20. The third-order valence-electron chi connectivity index (χ3n) is 1.72. The van der Waals surface area contributed by atoms with Crippen LogP contribution in [0.1, 0.15) is 5.56 Å². The molecule has 2 N–H and O–H groups in total. The van der Waals surface area contributed by atoms with Crippen molar-refractivity contribution in [3.05, 3.63) is 30.1 Å². The molecular formula is C10H15N3O. The standard InChI is InChI=1S/C10H15N3O/c1-14-6-5-13-10(11)7-9-3-2-4-12-8-9/h2-4,8H,5-7H2,1H3,(H2,11,13). The number of amidine groups is 1. The van der Waals surface area contributed by atoms with Crippen molar-refractivity contribution in [1.29, 1.82) is 0 Å². The number of nitrogens with two attached hydrogens (primary N) is 1. The van der Waals surface area contributed by atoms with Gasteiger partial charge in [-0.3, -0.25) is 9.98 Å². The summed E-state index contributed by atoms with van der Waals surface area (Å²) in [5.74, 6) is 0.620. The fourth-order valence-corrected chi connectivity index (χ4v) is 1.05. The Labute approximate surface area is 83.8 Å². The SMILES string of the molecule is COCCN=C(N)Cc1cccnc1. The summed E-state index contributed by atoms with van der Waals surface area (Å²) in [5, 5.41) is 0. The smallest absolute Gasteiger partial charge is 0.0983 e. The molecule has 0 aromatic carbocycles. The molecule has 1 rings (SSSR count). The van der Waals surface area contributed by atoms with Crippen molar-refractivity contribution in [2.24, 2.45) is 10.7 Å². The largest absolute Gasteiger partial charge is 0.387 e. The Kier molecular flexibility index (Phi) is 4.64. The summed E-state index contributed by atoms with van der Waals surface area (Å²) in [6, 6.07) is 3.86. The quantitative estimate of drug-likeness (QED) is 0.424. The van der Waals surface area contributed by atoms with Crippen molar-refractivity contribution in [1.82, 2.24) is 4.98 Å². The Hall–Kier alpha value is -1.42. The van der Waals surface area contributed by atoms with Crippen LogP contribution in [0.5, 0.6) is 0 Å². The molecular weight excluding hydrogens is 178 g/mol. The van der Waals surface area contributed by atoms with Crippen molar-refractivity contribution < 1.29 is 4.74 Å². The number of hydrogen-bond acceptors (Lipinski definition) is 3. The lowest BCUT2D eigenvalue weighted by molar-refractivity contribution is 0.208. The molecule has 0 radical (unpaired) electrons. The van der Waals surface area contributed by atoms with Crippen LogP contribution in [0.15, 0.2) is 29.5 Å². The topological polar surface area (TPSA) is 60.5 Å². The van der Waals surface area contributed by atoms with Crippen molar-refractivity contribution >= 4 is 5.84 Å². The number of aromatic nitrogens is 1. The van der Waals surface area contributed by atoms with E-state index in [1.807, 2.05) is 12.1 Å². The summed E-state index contributed by atoms with van der Waals surface area (Å²) < 4.78 is 4.87. The Morgan fingerprint density at radius 2 is 2.50 bits per heavy atom. The van der Waals surface area contributed by atoms with E-state index in [1.54, 1.807) is 19.5 Å². The summed E-state index contributed by atoms with van der Waals surface area (Å²) in [4.78, 5) is 8.15. The molecule has 0 spiro atoms. The van der Waals surface area contributed by atoms with Gasteiger partial charge in [-0.1, -0.05) is 6.07 Å². The van der Waals surface area contributed by atoms with Crippen molar-refractivity contribution in [2.45, 2.75) is 6.42 Å². The monoisotopic (exact) mass is 193 g/mol. The van der Waals surface area contributed by atoms with Gasteiger partial charge in [0.05, 0.1) is 19.0 Å². The van der Waals surface area contributed by atoms with Gasteiger partial charge in [-0.05, 0) is 11.6 Å². The van der Waals surface area contributed by atoms with Gasteiger partial charge in [-0.15, -0.1) is 0 Å². The van der Waals surface area contributed by atoms with E-state index in [2.05, 4.69) is 9.98 Å². The fourth-order valence-electron chi connectivity index (χ4n) is 1.05. The van der Waals surface area contributed by atoms with Crippen molar-refractivity contribution in [3.63, 3.8) is 0 Å². The van der Waals surface area contributed by atoms with E-state index in [0.717, 1.165) is 5.56 Å². The minimum atomic E-state index is 0.605. The van der Waals surface area contributed by atoms with Crippen LogP contribution in [-0.2, 0) is 11.2 Å². The number of methoxy groups -OCH3 is 1. The number of hydrogen-bond donors (Lipinski definition) is 1. The van der Waals surface area contributed by atoms with Gasteiger partial charge in [-0.2, -0.15) is 0 Å². The van der Waals surface area contributed by atoms with E-state index < -0.39 is 0 Å². The number of pyridine rings is 1. The summed E-state index contributed by atoms with van der Waals surface area (Å²) in [6.07, 6.45) is 4.18. The molecule has 4 heteroatoms. The second kappa shape index (κ2) is 6.10. The molecule has 0 aliphatic rings. The number of nitrogens with zero attached hydrogens (tertiary/aromatic N) is 2. The molecule has 1 heterocycles. The zero-order valence-corrected chi connectivity index (χ0v) is 8.31. The third kappa shape index (κ3) is 4.00. The maximum Gasteiger partial charge on any atom is 0.0983 e. The second-order valence-corrected chi connectivity index (χ2v) is 2.90. The van der Waals surface area contributed by atoms with Gasteiger partial charge >= 0.3 is 0 Å². The molecule has 1 aromatic heterocycles. The first kappa shape index (κ1) is 10.7. The molecule has 14 heavy (non-hydrogen) atoms. The van der Waals surface area contributed by atoms with Crippen LogP contribution in [0.3, 0.4) is 0 Å². The van der Waals surface area contributed by atoms with Crippen LogP contribution in [0.2, 0.25) is 0 Å². The van der Waals surface area contributed by atoms with E-state index in [1.165, 1.54) is 0 Å². The molecule has 0 aliphatic carbocycles. The van der Waals surface area contributed by atoms with Crippen molar-refractivity contribution in [3.8, 4) is 0 Å². The Morgan fingerprint density at radius 3 is 3.14 bits per heavy atom. The molecule has 0 bridgehead atoms. The maximum atomic E-state index is 5.71. The van der Waals surface area contributed by atoms with Gasteiger partial charge in [0.15, 0.2) is 0 Å². The first-order chi connectivity index (χ1) is 6.83. The van der Waals surface area contributed by atoms with E-state index in [-0.39, 0.29) is 0 Å². The van der Waals surface area contributed by atoms with Gasteiger partial charge in [0, 0.05) is 25.9 Å². The summed E-state index contributed by atoms with van der Waals surface area (Å²) in [6.45, 7) is 1.22. The van der Waals surface area contributed by atoms with E-state index in [0.29, 0.717) is 25.4 Å². The minimum absolute atomic E-state index is 0.605. The zero-order valence-electron chi connectivity index (χ0n) is 8.31. The fraction of sp³-hybridized carbons (Fsp3) is 0.400. The number of aliphatic imine (C=N–C) groups is 1. The molecule has 76 valence electrons. The highest BCUT2D eigenvalue weighted by atomic mass is 16.5. The molecule has 0 atom stereocenters. The summed E-state index contributed by atoms with van der Waals surface area (Å²) in [7, 11) is 1.65. The van der Waals surface area contributed by atoms with Gasteiger partial charge in [0.25, 0.3) is 0 Å². The summed E-state index contributed by atoms with van der Waals surface area (Å²) in [5.41, 5.74) is 6.79. The Morgan fingerprint density at radius 1 is 1.64 bits per heavy atom. The third-order valence-corrected chi connectivity index (χ3v) is 1.72. The van der Waals surface area contributed by atoms with Crippen LogP contribution in [0.4, 0.5) is 0 Å². The van der Waals surface area contributed by atoms with Crippen molar-refractivity contribution in [2.75, 3.05) is 20.3 Å². The minimum Gasteiger partial charge on any atom is -0.387 e. The zero-order chi connectivity index (χ0) is 10.2. The molecule has 0 aliphatic heterocycles. The molecule has 0 unspecified atom stereocenters. The summed E-state index contributed by atoms with van der Waals surface area (Å²) >= 11 is 0. The van der Waals surface area contributed by atoms with Gasteiger partial charge in [0.1, 0.15) is 0 Å². The molecule has 0 saturated carbocycles. The molecule has 4 nitrogen and oxygen atoms in total. The lowest BCUT2D eigenvalue weighted by Crippen LogP contribution is -2.16. The first-order valence-electron chi connectivity index (χ1n) is 4.49. The van der Waals surface area contributed by atoms with Gasteiger partial charge in [0.2, 0.25) is 0 Å². The Bertz CT molecular complexity index is 285. The molecule has 0 amide bonds. The van der Waals surface area contributed by atoms with Crippen LogP contribution in [0.25, 0.3) is 0 Å². The lowest BCUT2D eigenvalue weighted by atomic mass is 10.2. The predicted octanol–water partition coefficient (Wildman–Crippen LogP) is 0.628. The van der Waals surface area contributed by atoms with Gasteiger partial charge < -0.3 is 10.5 Å². The first-order valence-corrected chi connectivity index (χ1v) is 4.49. The van der Waals surface area contributed by atoms with Crippen LogP contribution < -0.4 is 5.73 Å². The van der Waals surface area contributed by atoms with Crippen LogP contribution in [-0.4, -0.2) is 31.1 Å². The predicted molar refractivity (Wildman–Crippen MR) is 56.3 cm³/mol. The second-order valence-electron chi connectivity index (χ2n) is 2.90. The molecule has 1 aromatic rings. The van der Waals surface area contributed by atoms with E-state index in [4.69, 9.17) is 10.5 Å². The van der Waals surface area contributed by atoms with E-state index >= 15 is 0 Å². The highest BCUT2D eigenvalue weighted by Crippen LogP contribution is 1.96. The lowest BCUT2D eigenvalue weighted by Gasteiger charge is -2.00. The van der Waals surface area contributed by atoms with Crippen LogP contribution in [0, 0.1) is 0 Å². The molecule has 0 saturated heterocycles.